The Balaban J connectivity index is 2.42. The van der Waals surface area contributed by atoms with E-state index in [9.17, 15) is 0 Å². The summed E-state index contributed by atoms with van der Waals surface area (Å²) in [5, 5.41) is 3.60. The van der Waals surface area contributed by atoms with Crippen molar-refractivity contribution < 1.29 is 0 Å². The first-order chi connectivity index (χ1) is 10.9. The molecule has 2 heteroatoms. The van der Waals surface area contributed by atoms with Crippen LogP contribution in [0.15, 0.2) is 42.5 Å². The molecule has 0 unspecified atom stereocenters. The largest absolute Gasteiger partial charge is 0.427 e. The van der Waals surface area contributed by atoms with Crippen LogP contribution in [0.5, 0.6) is 0 Å². The molecule has 0 spiro atoms. The zero-order valence-electron chi connectivity index (χ0n) is 15.5. The second kappa shape index (κ2) is 7.72. The van der Waals surface area contributed by atoms with E-state index in [-0.39, 0.29) is 0 Å². The number of nitrogens with one attached hydrogen (secondary N) is 1. The summed E-state index contributed by atoms with van der Waals surface area (Å²) in [4.78, 5) is 0. The van der Waals surface area contributed by atoms with E-state index in [2.05, 4.69) is 89.2 Å². The van der Waals surface area contributed by atoms with Crippen molar-refractivity contribution in [1.29, 1.82) is 0 Å². The summed E-state index contributed by atoms with van der Waals surface area (Å²) in [5.41, 5.74) is 7.10. The first-order valence-corrected chi connectivity index (χ1v) is 8.85. The Labute approximate surface area is 142 Å². The third-order valence-corrected chi connectivity index (χ3v) is 4.50. The molecule has 0 atom stereocenters. The first-order valence-electron chi connectivity index (χ1n) is 8.85. The lowest BCUT2D eigenvalue weighted by molar-refractivity contribution is 0.813. The van der Waals surface area contributed by atoms with E-state index in [0.717, 1.165) is 7.41 Å². The summed E-state index contributed by atoms with van der Waals surface area (Å²) in [7, 11) is 0.892. The van der Waals surface area contributed by atoms with Crippen molar-refractivity contribution in [3.63, 3.8) is 0 Å². The zero-order chi connectivity index (χ0) is 17.0. The van der Waals surface area contributed by atoms with Crippen LogP contribution >= 0.6 is 0 Å². The highest BCUT2D eigenvalue weighted by molar-refractivity contribution is 6.58. The van der Waals surface area contributed by atoms with Crippen LogP contribution in [0.4, 0.5) is 5.69 Å². The summed E-state index contributed by atoms with van der Waals surface area (Å²) >= 11 is 0. The topological polar surface area (TPSA) is 12.0 Å². The third kappa shape index (κ3) is 4.40. The Morgan fingerprint density at radius 3 is 1.70 bits per heavy atom. The molecule has 0 radical (unpaired) electrons. The molecular formula is C21H30BN. The smallest absolute Gasteiger partial charge is 0.267 e. The average Bonchev–Trinajstić information content (AvgIpc) is 2.52. The van der Waals surface area contributed by atoms with Gasteiger partial charge in [0.2, 0.25) is 0 Å². The van der Waals surface area contributed by atoms with Crippen LogP contribution in [0, 0.1) is 0 Å². The van der Waals surface area contributed by atoms with E-state index in [1.54, 1.807) is 0 Å². The van der Waals surface area contributed by atoms with Crippen molar-refractivity contribution >= 4 is 18.6 Å². The van der Waals surface area contributed by atoms with Gasteiger partial charge < -0.3 is 5.23 Å². The molecule has 122 valence electrons. The van der Waals surface area contributed by atoms with Crippen molar-refractivity contribution in [3.8, 4) is 0 Å². The molecule has 0 amide bonds. The molecule has 0 aliphatic rings. The van der Waals surface area contributed by atoms with Crippen molar-refractivity contribution in [3.05, 3.63) is 59.2 Å². The Morgan fingerprint density at radius 1 is 0.739 bits per heavy atom. The highest BCUT2D eigenvalue weighted by Crippen LogP contribution is 2.25. The van der Waals surface area contributed by atoms with Crippen molar-refractivity contribution in [2.75, 3.05) is 5.23 Å². The molecule has 0 aliphatic carbocycles. The minimum atomic E-state index is 0.541. The van der Waals surface area contributed by atoms with Gasteiger partial charge >= 0.3 is 0 Å². The minimum absolute atomic E-state index is 0.541. The van der Waals surface area contributed by atoms with E-state index < -0.39 is 0 Å². The molecule has 0 bridgehead atoms. The molecule has 2 aromatic carbocycles. The van der Waals surface area contributed by atoms with Crippen LogP contribution in [-0.4, -0.2) is 7.41 Å². The quantitative estimate of drug-likeness (QED) is 0.728. The average molecular weight is 307 g/mol. The zero-order valence-corrected chi connectivity index (χ0v) is 15.5. The Hall–Kier alpha value is -1.70. The Kier molecular flexibility index (Phi) is 5.93. The summed E-state index contributed by atoms with van der Waals surface area (Å²) in [6.07, 6.45) is 0. The van der Waals surface area contributed by atoms with Crippen LogP contribution < -0.4 is 10.7 Å². The highest BCUT2D eigenvalue weighted by Gasteiger charge is 2.17. The minimum Gasteiger partial charge on any atom is -0.427 e. The molecule has 0 saturated heterocycles. The Bertz CT molecular complexity index is 601. The van der Waals surface area contributed by atoms with Gasteiger partial charge in [-0.15, -0.1) is 0 Å². The summed E-state index contributed by atoms with van der Waals surface area (Å²) < 4.78 is 0. The third-order valence-electron chi connectivity index (χ3n) is 4.50. The number of hydrogen-bond acceptors (Lipinski definition) is 1. The van der Waals surface area contributed by atoms with Gasteiger partial charge in [-0.1, -0.05) is 77.3 Å². The highest BCUT2D eigenvalue weighted by atomic mass is 14.8. The standard InChI is InChI=1S/C21H30BN/c1-14(2)17-12-19(15(3)4)21(20(13-17)16(5)6)22-23-18-10-8-7-9-11-18/h7-16,22-23H,1-6H3. The van der Waals surface area contributed by atoms with Gasteiger partial charge in [0, 0.05) is 5.69 Å². The second-order valence-corrected chi connectivity index (χ2v) is 7.36. The molecule has 1 nitrogen and oxygen atoms in total. The van der Waals surface area contributed by atoms with Crippen LogP contribution in [0.2, 0.25) is 0 Å². The lowest BCUT2D eigenvalue weighted by Gasteiger charge is -2.23. The Morgan fingerprint density at radius 2 is 1.26 bits per heavy atom. The van der Waals surface area contributed by atoms with Gasteiger partial charge in [-0.3, -0.25) is 0 Å². The van der Waals surface area contributed by atoms with E-state index in [0.29, 0.717) is 17.8 Å². The van der Waals surface area contributed by atoms with Gasteiger partial charge in [-0.05, 0) is 46.6 Å². The maximum absolute atomic E-state index is 3.60. The fraction of sp³-hybridized carbons (Fsp3) is 0.429. The number of rotatable bonds is 6. The summed E-state index contributed by atoms with van der Waals surface area (Å²) in [6.45, 7) is 13.8. The lowest BCUT2D eigenvalue weighted by Crippen LogP contribution is -2.31. The molecule has 0 fully saturated rings. The van der Waals surface area contributed by atoms with Crippen molar-refractivity contribution in [1.82, 2.24) is 0 Å². The van der Waals surface area contributed by atoms with Gasteiger partial charge in [0.25, 0.3) is 7.41 Å². The van der Waals surface area contributed by atoms with E-state index in [1.807, 2.05) is 0 Å². The van der Waals surface area contributed by atoms with Crippen molar-refractivity contribution in [2.24, 2.45) is 0 Å². The molecular weight excluding hydrogens is 277 g/mol. The van der Waals surface area contributed by atoms with Crippen LogP contribution in [0.25, 0.3) is 0 Å². The number of para-hydroxylation sites is 1. The molecule has 0 heterocycles. The fourth-order valence-corrected chi connectivity index (χ4v) is 3.06. The predicted molar refractivity (Wildman–Crippen MR) is 106 cm³/mol. The van der Waals surface area contributed by atoms with Gasteiger partial charge in [0.1, 0.15) is 0 Å². The monoisotopic (exact) mass is 307 g/mol. The van der Waals surface area contributed by atoms with Crippen LogP contribution in [0.3, 0.4) is 0 Å². The van der Waals surface area contributed by atoms with Gasteiger partial charge in [0.05, 0.1) is 0 Å². The lowest BCUT2D eigenvalue weighted by atomic mass is 9.70. The van der Waals surface area contributed by atoms with E-state index >= 15 is 0 Å². The molecule has 0 aliphatic heterocycles. The van der Waals surface area contributed by atoms with E-state index in [4.69, 9.17) is 0 Å². The van der Waals surface area contributed by atoms with Gasteiger partial charge in [-0.25, -0.2) is 0 Å². The van der Waals surface area contributed by atoms with E-state index in [1.165, 1.54) is 27.8 Å². The van der Waals surface area contributed by atoms with Crippen LogP contribution in [0.1, 0.15) is 76.0 Å². The SMILES string of the molecule is CC(C)c1cc(C(C)C)c(BNc2ccccc2)c(C(C)C)c1. The summed E-state index contributed by atoms with van der Waals surface area (Å²) in [6, 6.07) is 15.3. The second-order valence-electron chi connectivity index (χ2n) is 7.36. The number of benzene rings is 2. The number of hydrogen-bond donors (Lipinski definition) is 1. The van der Waals surface area contributed by atoms with Gasteiger partial charge in [-0.2, -0.15) is 0 Å². The fourth-order valence-electron chi connectivity index (χ4n) is 3.06. The maximum Gasteiger partial charge on any atom is 0.267 e. The molecule has 1 N–H and O–H groups in total. The van der Waals surface area contributed by atoms with Gasteiger partial charge in [0.15, 0.2) is 0 Å². The maximum atomic E-state index is 3.60. The normalized spacial score (nSPS) is 11.3. The molecule has 23 heavy (non-hydrogen) atoms. The molecule has 0 saturated carbocycles. The van der Waals surface area contributed by atoms with Crippen molar-refractivity contribution in [2.45, 2.75) is 59.3 Å². The molecule has 0 aromatic heterocycles. The summed E-state index contributed by atoms with van der Waals surface area (Å²) in [5.74, 6) is 1.65. The predicted octanol–water partition coefficient (Wildman–Crippen LogP) is 5.15. The molecule has 2 aromatic rings. The van der Waals surface area contributed by atoms with Crippen LogP contribution in [-0.2, 0) is 0 Å². The molecule has 2 rings (SSSR count). The number of anilines is 1. The first kappa shape index (κ1) is 17.7.